The molecule has 0 bridgehead atoms. The molecule has 1 aliphatic heterocycles. The first-order valence-electron chi connectivity index (χ1n) is 10.0. The summed E-state index contributed by atoms with van der Waals surface area (Å²) in [4.78, 5) is 21.5. The van der Waals surface area contributed by atoms with Crippen LogP contribution in [0.1, 0.15) is 29.4 Å². The number of nitrogens with zero attached hydrogens (tertiary/aromatic N) is 4. The maximum atomic E-state index is 13.1. The van der Waals surface area contributed by atoms with Gasteiger partial charge < -0.3 is 14.2 Å². The van der Waals surface area contributed by atoms with Crippen molar-refractivity contribution in [3.8, 4) is 22.1 Å². The fourth-order valence-corrected chi connectivity index (χ4v) is 4.40. The lowest BCUT2D eigenvalue weighted by atomic mass is 10.0. The van der Waals surface area contributed by atoms with Gasteiger partial charge in [-0.1, -0.05) is 16.7 Å². The fraction of sp³-hybridized carbons (Fsp3) is 0.381. The molecule has 11 heteroatoms. The molecule has 3 aromatic rings. The van der Waals surface area contributed by atoms with Gasteiger partial charge in [-0.25, -0.2) is 4.98 Å². The van der Waals surface area contributed by atoms with E-state index in [1.807, 2.05) is 6.92 Å². The van der Waals surface area contributed by atoms with Crippen molar-refractivity contribution in [3.63, 3.8) is 0 Å². The van der Waals surface area contributed by atoms with Crippen LogP contribution >= 0.6 is 22.9 Å². The van der Waals surface area contributed by atoms with E-state index in [0.717, 1.165) is 24.4 Å². The van der Waals surface area contributed by atoms with Crippen LogP contribution in [0.25, 0.3) is 11.1 Å². The second kappa shape index (κ2) is 9.76. The number of hydrogen-bond acceptors (Lipinski definition) is 9. The molecule has 9 nitrogen and oxygen atoms in total. The molecule has 0 aromatic carbocycles. The summed E-state index contributed by atoms with van der Waals surface area (Å²) in [5, 5.41) is 11.5. The number of ether oxygens (including phenoxy) is 3. The second-order valence-electron chi connectivity index (χ2n) is 7.32. The highest BCUT2D eigenvalue weighted by atomic mass is 35.5. The predicted molar refractivity (Wildman–Crippen MR) is 121 cm³/mol. The van der Waals surface area contributed by atoms with Crippen molar-refractivity contribution in [1.29, 1.82) is 0 Å². The molecule has 1 saturated heterocycles. The maximum Gasteiger partial charge on any atom is 0.295 e. The van der Waals surface area contributed by atoms with Gasteiger partial charge in [-0.15, -0.1) is 5.10 Å². The van der Waals surface area contributed by atoms with Gasteiger partial charge in [0.15, 0.2) is 0 Å². The van der Waals surface area contributed by atoms with Crippen molar-refractivity contribution < 1.29 is 19.0 Å². The largest absolute Gasteiger partial charge is 0.494 e. The quantitative estimate of drug-likeness (QED) is 0.510. The first-order chi connectivity index (χ1) is 15.5. The van der Waals surface area contributed by atoms with E-state index in [-0.39, 0.29) is 16.8 Å². The van der Waals surface area contributed by atoms with Gasteiger partial charge in [-0.2, -0.15) is 0 Å². The summed E-state index contributed by atoms with van der Waals surface area (Å²) in [6, 6.07) is 3.53. The first kappa shape index (κ1) is 22.4. The van der Waals surface area contributed by atoms with E-state index >= 15 is 0 Å². The number of pyridine rings is 2. The molecule has 0 spiro atoms. The highest BCUT2D eigenvalue weighted by molar-refractivity contribution is 7.17. The molecule has 4 rings (SSSR count). The molecule has 32 heavy (non-hydrogen) atoms. The van der Waals surface area contributed by atoms with Gasteiger partial charge in [0.2, 0.25) is 5.13 Å². The third kappa shape index (κ3) is 4.82. The average Bonchev–Trinajstić information content (AvgIpc) is 3.39. The summed E-state index contributed by atoms with van der Waals surface area (Å²) in [7, 11) is 1.54. The molecule has 0 radical (unpaired) electrons. The Bertz CT molecular complexity index is 1130. The number of aryl methyl sites for hydroxylation is 1. The Labute approximate surface area is 194 Å². The molecular weight excluding hydrogens is 454 g/mol. The number of nitrogens with one attached hydrogen (secondary N) is 1. The minimum absolute atomic E-state index is 0.0765. The molecule has 4 heterocycles. The molecule has 1 fully saturated rings. The summed E-state index contributed by atoms with van der Waals surface area (Å²) in [6.45, 7) is 5.06. The Hall–Kier alpha value is -2.82. The lowest BCUT2D eigenvalue weighted by Gasteiger charge is -2.14. The van der Waals surface area contributed by atoms with Gasteiger partial charge in [0.25, 0.3) is 11.1 Å². The Morgan fingerprint density at radius 2 is 2.22 bits per heavy atom. The Morgan fingerprint density at radius 1 is 1.38 bits per heavy atom. The molecule has 3 aromatic heterocycles. The number of halogens is 1. The number of carbonyl (C=O) groups is 1. The van der Waals surface area contributed by atoms with E-state index in [4.69, 9.17) is 25.8 Å². The smallest absolute Gasteiger partial charge is 0.295 e. The molecule has 1 aliphatic rings. The van der Waals surface area contributed by atoms with E-state index in [2.05, 4.69) is 25.5 Å². The van der Waals surface area contributed by atoms with Gasteiger partial charge in [0.05, 0.1) is 31.6 Å². The van der Waals surface area contributed by atoms with Crippen LogP contribution in [0.4, 0.5) is 5.13 Å². The molecule has 1 N–H and O–H groups in total. The third-order valence-electron chi connectivity index (χ3n) is 5.21. The number of amides is 1. The summed E-state index contributed by atoms with van der Waals surface area (Å²) in [6.07, 6.45) is 4.30. The average molecular weight is 476 g/mol. The molecule has 0 saturated carbocycles. The molecule has 168 valence electrons. The number of anilines is 1. The van der Waals surface area contributed by atoms with Gasteiger partial charge >= 0.3 is 0 Å². The standard InChI is InChI=1S/C21H22ClN5O4S/c1-11-8-15(14-4-6-23-9-16(14)29-3)17(18(22)24-11)19(28)25-20-26-27-21(32-20)31-10-13-5-7-30-12(13)2/h4,6,8-9,12-13H,5,7,10H2,1-3H3,(H,25,26,28)/t12-,13+/m1/s1. The maximum absolute atomic E-state index is 13.1. The normalized spacial score (nSPS) is 17.9. The summed E-state index contributed by atoms with van der Waals surface area (Å²) in [5.74, 6) is 0.365. The van der Waals surface area contributed by atoms with Crippen molar-refractivity contribution in [2.75, 3.05) is 25.6 Å². The van der Waals surface area contributed by atoms with Crippen LogP contribution in [-0.2, 0) is 4.74 Å². The zero-order valence-electron chi connectivity index (χ0n) is 17.8. The van der Waals surface area contributed by atoms with E-state index < -0.39 is 5.91 Å². The first-order valence-corrected chi connectivity index (χ1v) is 11.2. The topological polar surface area (TPSA) is 108 Å². The van der Waals surface area contributed by atoms with Crippen LogP contribution in [0, 0.1) is 12.8 Å². The minimum atomic E-state index is -0.461. The van der Waals surface area contributed by atoms with Crippen molar-refractivity contribution in [2.45, 2.75) is 26.4 Å². The molecular formula is C21H22ClN5O4S. The Kier molecular flexibility index (Phi) is 6.83. The van der Waals surface area contributed by atoms with Crippen LogP contribution in [0.2, 0.25) is 5.15 Å². The predicted octanol–water partition coefficient (Wildman–Crippen LogP) is 4.02. The summed E-state index contributed by atoms with van der Waals surface area (Å²) in [5.41, 5.74) is 2.12. The third-order valence-corrected chi connectivity index (χ3v) is 6.23. The second-order valence-corrected chi connectivity index (χ2v) is 8.61. The van der Waals surface area contributed by atoms with Crippen LogP contribution in [0.3, 0.4) is 0 Å². The van der Waals surface area contributed by atoms with Gasteiger partial charge in [-0.3, -0.25) is 15.1 Å². The molecule has 1 amide bonds. The van der Waals surface area contributed by atoms with Crippen LogP contribution in [-0.4, -0.2) is 52.5 Å². The van der Waals surface area contributed by atoms with E-state index in [0.29, 0.717) is 45.4 Å². The van der Waals surface area contributed by atoms with E-state index in [9.17, 15) is 4.79 Å². The van der Waals surface area contributed by atoms with Gasteiger partial charge in [0.1, 0.15) is 10.9 Å². The molecule has 0 unspecified atom stereocenters. The van der Waals surface area contributed by atoms with Crippen LogP contribution in [0.15, 0.2) is 24.5 Å². The molecule has 0 aliphatic carbocycles. The lowest BCUT2D eigenvalue weighted by Crippen LogP contribution is -2.19. The highest BCUT2D eigenvalue weighted by Crippen LogP contribution is 2.35. The Morgan fingerprint density at radius 3 is 2.97 bits per heavy atom. The van der Waals surface area contributed by atoms with Crippen LogP contribution in [0.5, 0.6) is 10.9 Å². The minimum Gasteiger partial charge on any atom is -0.494 e. The van der Waals surface area contributed by atoms with Crippen molar-refractivity contribution in [2.24, 2.45) is 5.92 Å². The number of rotatable bonds is 7. The lowest BCUT2D eigenvalue weighted by molar-refractivity contribution is 0.0903. The van der Waals surface area contributed by atoms with Crippen molar-refractivity contribution in [3.05, 3.63) is 40.9 Å². The zero-order chi connectivity index (χ0) is 22.7. The van der Waals surface area contributed by atoms with Crippen molar-refractivity contribution in [1.82, 2.24) is 20.2 Å². The van der Waals surface area contributed by atoms with Gasteiger partial charge in [-0.05, 0) is 43.7 Å². The van der Waals surface area contributed by atoms with Gasteiger partial charge in [0, 0.05) is 35.5 Å². The zero-order valence-corrected chi connectivity index (χ0v) is 19.4. The monoisotopic (exact) mass is 475 g/mol. The van der Waals surface area contributed by atoms with E-state index in [1.165, 1.54) is 7.11 Å². The fourth-order valence-electron chi connectivity index (χ4n) is 3.48. The SMILES string of the molecule is COc1cnccc1-c1cc(C)nc(Cl)c1C(=O)Nc1nnc(OC[C@@H]2CCO[C@@H]2C)s1. The summed E-state index contributed by atoms with van der Waals surface area (Å²) >= 11 is 7.53. The highest BCUT2D eigenvalue weighted by Gasteiger charge is 2.26. The Balaban J connectivity index is 1.55. The number of hydrogen-bond donors (Lipinski definition) is 1. The van der Waals surface area contributed by atoms with Crippen molar-refractivity contribution >= 4 is 34.0 Å². The van der Waals surface area contributed by atoms with Crippen LogP contribution < -0.4 is 14.8 Å². The molecule has 2 atom stereocenters. The van der Waals surface area contributed by atoms with E-state index in [1.54, 1.807) is 31.5 Å². The summed E-state index contributed by atoms with van der Waals surface area (Å²) < 4.78 is 16.7. The number of carbonyl (C=O) groups excluding carboxylic acids is 1. The number of methoxy groups -OCH3 is 1. The number of aromatic nitrogens is 4.